The molecule has 237 valence electrons. The van der Waals surface area contributed by atoms with Crippen LogP contribution < -0.4 is 0 Å². The van der Waals surface area contributed by atoms with E-state index >= 15 is 0 Å². The van der Waals surface area contributed by atoms with Crippen LogP contribution in [0.1, 0.15) is 13.8 Å². The molecule has 48 heavy (non-hydrogen) atoms. The van der Waals surface area contributed by atoms with E-state index in [9.17, 15) is 4.79 Å². The fraction of sp³-hybridized carbons (Fsp3) is 0.0455. The summed E-state index contributed by atoms with van der Waals surface area (Å²) in [6.45, 7) is 2.85. The average molecular weight is 801 g/mol. The first kappa shape index (κ1) is 33.9. The monoisotopic (exact) mass is 801 g/mol. The molecule has 3 nitrogen and oxygen atoms in total. The molecule has 0 aliphatic rings. The Morgan fingerprint density at radius 2 is 1.06 bits per heavy atom. The molecule has 7 aromatic rings. The van der Waals surface area contributed by atoms with Crippen LogP contribution in [0.25, 0.3) is 66.7 Å². The molecule has 0 atom stereocenters. The van der Waals surface area contributed by atoms with E-state index in [2.05, 4.69) is 146 Å². The van der Waals surface area contributed by atoms with E-state index in [0.29, 0.717) is 0 Å². The molecule has 0 spiro atoms. The third kappa shape index (κ3) is 8.48. The van der Waals surface area contributed by atoms with Gasteiger partial charge in [0.05, 0.1) is 11.3 Å². The number of nitrogens with zero attached hydrogens (tertiary/aromatic N) is 1. The van der Waals surface area contributed by atoms with Gasteiger partial charge in [-0.1, -0.05) is 109 Å². The zero-order chi connectivity index (χ0) is 32.6. The first-order valence-corrected chi connectivity index (χ1v) is 15.6. The quantitative estimate of drug-likeness (QED) is 0.104. The van der Waals surface area contributed by atoms with Crippen LogP contribution in [-0.4, -0.2) is 15.9 Å². The molecule has 1 heterocycles. The molecule has 6 aromatic carbocycles. The van der Waals surface area contributed by atoms with Gasteiger partial charge in [-0.05, 0) is 94.2 Å². The minimum absolute atomic E-state index is 0. The largest absolute Gasteiger partial charge is 0.512 e. The molecule has 0 aliphatic carbocycles. The van der Waals surface area contributed by atoms with Crippen molar-refractivity contribution in [3.63, 3.8) is 0 Å². The maximum Gasteiger partial charge on any atom is 0.155 e. The van der Waals surface area contributed by atoms with E-state index in [4.69, 9.17) is 10.1 Å². The van der Waals surface area contributed by atoms with Gasteiger partial charge in [-0.15, -0.1) is 35.4 Å². The van der Waals surface area contributed by atoms with Crippen molar-refractivity contribution < 1.29 is 30.0 Å². The Morgan fingerprint density at radius 1 is 0.562 bits per heavy atom. The van der Waals surface area contributed by atoms with E-state index in [-0.39, 0.29) is 31.6 Å². The second kappa shape index (κ2) is 15.9. The van der Waals surface area contributed by atoms with Gasteiger partial charge >= 0.3 is 0 Å². The van der Waals surface area contributed by atoms with E-state index in [1.807, 2.05) is 18.2 Å². The van der Waals surface area contributed by atoms with Crippen LogP contribution in [0.5, 0.6) is 0 Å². The number of carbonyl (C=O) groups excluding carboxylic acids is 1. The maximum absolute atomic E-state index is 10.0. The predicted molar refractivity (Wildman–Crippen MR) is 195 cm³/mol. The van der Waals surface area contributed by atoms with Gasteiger partial charge in [0.2, 0.25) is 0 Å². The number of fused-ring (bicyclic) bond motifs is 1. The summed E-state index contributed by atoms with van der Waals surface area (Å²) >= 11 is 0. The van der Waals surface area contributed by atoms with Crippen LogP contribution in [0.4, 0.5) is 0 Å². The van der Waals surface area contributed by atoms with E-state index in [0.717, 1.165) is 27.7 Å². The SMILES string of the molecule is CC(=O)C=C(C)O.[Ir].[c-]1ccc(-c2cccc(-c3cc(-c4ccccc4)cc(-c4ccccc4)c3)c2)cc1-c1ccc2ccccc2n1. The molecule has 0 bridgehead atoms. The Hall–Kier alpha value is -5.41. The van der Waals surface area contributed by atoms with Crippen molar-refractivity contribution in [1.29, 1.82) is 0 Å². The molecule has 1 radical (unpaired) electrons. The number of ketones is 1. The van der Waals surface area contributed by atoms with Gasteiger partial charge in [0, 0.05) is 26.2 Å². The summed E-state index contributed by atoms with van der Waals surface area (Å²) in [5.74, 6) is -0.0625. The number of aliphatic hydroxyl groups is 1. The summed E-state index contributed by atoms with van der Waals surface area (Å²) in [5, 5.41) is 9.50. The topological polar surface area (TPSA) is 50.2 Å². The molecule has 1 N–H and O–H groups in total. The predicted octanol–water partition coefficient (Wildman–Crippen LogP) is 11.4. The second-order valence-electron chi connectivity index (χ2n) is 11.4. The number of hydrogen-bond acceptors (Lipinski definition) is 3. The van der Waals surface area contributed by atoms with Crippen LogP contribution >= 0.6 is 0 Å². The van der Waals surface area contributed by atoms with Crippen molar-refractivity contribution in [3.05, 3.63) is 176 Å². The minimum atomic E-state index is -0.125. The minimum Gasteiger partial charge on any atom is -0.512 e. The fourth-order valence-electron chi connectivity index (χ4n) is 5.57. The van der Waals surface area contributed by atoms with Gasteiger partial charge < -0.3 is 5.11 Å². The van der Waals surface area contributed by atoms with Crippen molar-refractivity contribution >= 4 is 16.7 Å². The van der Waals surface area contributed by atoms with Crippen LogP contribution in [0.3, 0.4) is 0 Å². The molecule has 0 fully saturated rings. The normalized spacial score (nSPS) is 10.8. The zero-order valence-electron chi connectivity index (χ0n) is 26.7. The number of benzene rings is 6. The average Bonchev–Trinajstić information content (AvgIpc) is 3.12. The van der Waals surface area contributed by atoms with E-state index in [1.54, 1.807) is 0 Å². The number of allylic oxidation sites excluding steroid dienone is 2. The third-order valence-corrected chi connectivity index (χ3v) is 7.76. The first-order chi connectivity index (χ1) is 22.9. The van der Waals surface area contributed by atoms with Crippen molar-refractivity contribution in [2.45, 2.75) is 13.8 Å². The Kier molecular flexibility index (Phi) is 11.3. The number of aromatic nitrogens is 1. The zero-order valence-corrected chi connectivity index (χ0v) is 29.1. The number of aliphatic hydroxyl groups excluding tert-OH is 1. The van der Waals surface area contributed by atoms with Gasteiger partial charge in [-0.3, -0.25) is 9.78 Å². The molecular weight excluding hydrogens is 767 g/mol. The Bertz CT molecular complexity index is 2130. The number of hydrogen-bond donors (Lipinski definition) is 1. The van der Waals surface area contributed by atoms with Crippen LogP contribution in [-0.2, 0) is 24.9 Å². The number of pyridine rings is 1. The van der Waals surface area contributed by atoms with Gasteiger partial charge in [0.15, 0.2) is 5.78 Å². The fourth-order valence-corrected chi connectivity index (χ4v) is 5.57. The number of para-hydroxylation sites is 1. The van der Waals surface area contributed by atoms with E-state index < -0.39 is 0 Å². The van der Waals surface area contributed by atoms with Crippen molar-refractivity contribution in [2.24, 2.45) is 0 Å². The molecule has 0 amide bonds. The van der Waals surface area contributed by atoms with Gasteiger partial charge in [0.1, 0.15) is 0 Å². The summed E-state index contributed by atoms with van der Waals surface area (Å²) in [5.41, 5.74) is 12.5. The van der Waals surface area contributed by atoms with Crippen molar-refractivity contribution in [1.82, 2.24) is 4.98 Å². The van der Waals surface area contributed by atoms with Crippen LogP contribution in [0.2, 0.25) is 0 Å². The van der Waals surface area contributed by atoms with Gasteiger partial charge in [0.25, 0.3) is 0 Å². The van der Waals surface area contributed by atoms with Crippen LogP contribution in [0.15, 0.2) is 170 Å². The summed E-state index contributed by atoms with van der Waals surface area (Å²) in [4.78, 5) is 14.9. The molecule has 1 aromatic heterocycles. The summed E-state index contributed by atoms with van der Waals surface area (Å²) < 4.78 is 0. The molecule has 0 aliphatic heterocycles. The van der Waals surface area contributed by atoms with Gasteiger partial charge in [-0.2, -0.15) is 0 Å². The molecule has 4 heteroatoms. The molecule has 0 saturated heterocycles. The Balaban J connectivity index is 0.000000511. The Morgan fingerprint density at radius 3 is 1.65 bits per heavy atom. The molecule has 0 unspecified atom stereocenters. The standard InChI is InChI=1S/C39H26N.C5H8O2.Ir/c1-3-11-28(12-4-1)35-25-36(29-13-5-2-6-14-29)27-37(26-35)33-18-9-16-31(23-33)32-17-10-19-34(24-32)39-22-21-30-15-7-8-20-38(30)40-39;1-4(6)3-5(2)7;/h1-18,20-27H;3,6H,1-2H3;/q-1;;. The number of rotatable bonds is 6. The molecule has 0 saturated carbocycles. The third-order valence-electron chi connectivity index (χ3n) is 7.76. The first-order valence-electron chi connectivity index (χ1n) is 15.6. The van der Waals surface area contributed by atoms with Crippen LogP contribution in [0, 0.1) is 6.07 Å². The molecule has 7 rings (SSSR count). The summed E-state index contributed by atoms with van der Waals surface area (Å²) in [6.07, 6.45) is 1.17. The molecular formula is C44H34IrNO2-. The van der Waals surface area contributed by atoms with E-state index in [1.165, 1.54) is 58.9 Å². The summed E-state index contributed by atoms with van der Waals surface area (Å²) in [7, 11) is 0. The number of carbonyl (C=O) groups is 1. The second-order valence-corrected chi connectivity index (χ2v) is 11.4. The van der Waals surface area contributed by atoms with Gasteiger partial charge in [-0.25, -0.2) is 0 Å². The van der Waals surface area contributed by atoms with Crippen molar-refractivity contribution in [2.75, 3.05) is 0 Å². The maximum atomic E-state index is 10.0. The smallest absolute Gasteiger partial charge is 0.155 e. The van der Waals surface area contributed by atoms with Crippen molar-refractivity contribution in [3.8, 4) is 55.8 Å². The summed E-state index contributed by atoms with van der Waals surface area (Å²) in [6, 6.07) is 59.0. The Labute approximate surface area is 295 Å².